The van der Waals surface area contributed by atoms with E-state index in [1.807, 2.05) is 20.0 Å². The van der Waals surface area contributed by atoms with E-state index < -0.39 is 0 Å². The first-order chi connectivity index (χ1) is 13.9. The number of aromatic nitrogens is 1. The second-order valence-electron chi connectivity index (χ2n) is 8.39. The Labute approximate surface area is 172 Å². The summed E-state index contributed by atoms with van der Waals surface area (Å²) in [5.41, 5.74) is 5.21. The zero-order valence-corrected chi connectivity index (χ0v) is 18.1. The molecule has 0 radical (unpaired) electrons. The summed E-state index contributed by atoms with van der Waals surface area (Å²) in [6, 6.07) is 4.15. The van der Waals surface area contributed by atoms with E-state index in [4.69, 9.17) is 9.47 Å². The molecular weight excluding hydrogens is 366 g/mol. The smallest absolute Gasteiger partial charge is 0.253 e. The summed E-state index contributed by atoms with van der Waals surface area (Å²) in [6.45, 7) is 7.81. The van der Waals surface area contributed by atoms with Crippen LogP contribution >= 0.6 is 0 Å². The molecule has 2 aliphatic rings. The number of hydrogen-bond donors (Lipinski definition) is 1. The lowest BCUT2D eigenvalue weighted by Crippen LogP contribution is -2.52. The average molecular weight is 398 g/mol. The molecule has 1 aliphatic carbocycles. The third-order valence-corrected chi connectivity index (χ3v) is 6.71. The number of benzene rings is 1. The minimum Gasteiger partial charge on any atom is -0.496 e. The van der Waals surface area contributed by atoms with Crippen molar-refractivity contribution in [3.8, 4) is 22.6 Å². The first-order valence-corrected chi connectivity index (χ1v) is 10.3. The number of nitrogens with one attached hydrogen (secondary N) is 1. The molecule has 0 amide bonds. The Morgan fingerprint density at radius 3 is 2.34 bits per heavy atom. The van der Waals surface area contributed by atoms with Crippen molar-refractivity contribution in [1.82, 2.24) is 14.8 Å². The van der Waals surface area contributed by atoms with E-state index in [2.05, 4.69) is 22.3 Å². The zero-order chi connectivity index (χ0) is 20.8. The largest absolute Gasteiger partial charge is 0.496 e. The number of piperazine rings is 1. The van der Waals surface area contributed by atoms with Crippen molar-refractivity contribution in [3.05, 3.63) is 45.4 Å². The molecule has 0 atom stereocenters. The SMILES string of the molecule is COc1cc(-c2cn(C)c(=O)c(C)c2C)cc(OC)c1CN1CCNCC12CC2. The molecule has 1 saturated carbocycles. The molecule has 156 valence electrons. The van der Waals surface area contributed by atoms with Gasteiger partial charge >= 0.3 is 0 Å². The highest BCUT2D eigenvalue weighted by molar-refractivity contribution is 5.72. The normalized spacial score (nSPS) is 18.1. The van der Waals surface area contributed by atoms with Crippen molar-refractivity contribution in [2.45, 2.75) is 38.8 Å². The van der Waals surface area contributed by atoms with Crippen LogP contribution in [0.1, 0.15) is 29.5 Å². The first-order valence-electron chi connectivity index (χ1n) is 10.3. The summed E-state index contributed by atoms with van der Waals surface area (Å²) in [4.78, 5) is 14.8. The second-order valence-corrected chi connectivity index (χ2v) is 8.39. The first kappa shape index (κ1) is 20.0. The fourth-order valence-corrected chi connectivity index (χ4v) is 4.52. The van der Waals surface area contributed by atoms with Crippen molar-refractivity contribution in [1.29, 1.82) is 0 Å². The molecule has 4 rings (SSSR count). The van der Waals surface area contributed by atoms with E-state index in [0.29, 0.717) is 5.54 Å². The Bertz CT molecular complexity index is 967. The molecule has 0 bridgehead atoms. The Hall–Kier alpha value is -2.31. The van der Waals surface area contributed by atoms with Gasteiger partial charge in [-0.15, -0.1) is 0 Å². The molecule has 1 saturated heterocycles. The molecule has 0 unspecified atom stereocenters. The molecule has 6 heteroatoms. The van der Waals surface area contributed by atoms with Crippen molar-refractivity contribution in [2.24, 2.45) is 7.05 Å². The van der Waals surface area contributed by atoms with Crippen LogP contribution in [0.2, 0.25) is 0 Å². The number of methoxy groups -OCH3 is 2. The fourth-order valence-electron chi connectivity index (χ4n) is 4.52. The van der Waals surface area contributed by atoms with Crippen LogP contribution < -0.4 is 20.3 Å². The van der Waals surface area contributed by atoms with Crippen molar-refractivity contribution in [3.63, 3.8) is 0 Å². The van der Waals surface area contributed by atoms with E-state index in [1.165, 1.54) is 12.8 Å². The fraction of sp³-hybridized carbons (Fsp3) is 0.522. The second kappa shape index (κ2) is 7.50. The molecule has 1 aliphatic heterocycles. The summed E-state index contributed by atoms with van der Waals surface area (Å²) in [7, 11) is 5.22. The maximum atomic E-state index is 12.3. The monoisotopic (exact) mass is 397 g/mol. The maximum Gasteiger partial charge on any atom is 0.253 e. The molecule has 29 heavy (non-hydrogen) atoms. The molecule has 6 nitrogen and oxygen atoms in total. The lowest BCUT2D eigenvalue weighted by Gasteiger charge is -2.37. The summed E-state index contributed by atoms with van der Waals surface area (Å²) in [5.74, 6) is 1.67. The highest BCUT2D eigenvalue weighted by atomic mass is 16.5. The van der Waals surface area contributed by atoms with Crippen molar-refractivity contribution in [2.75, 3.05) is 33.9 Å². The van der Waals surface area contributed by atoms with Crippen LogP contribution in [-0.4, -0.2) is 48.9 Å². The maximum absolute atomic E-state index is 12.3. The van der Waals surface area contributed by atoms with Gasteiger partial charge in [0, 0.05) is 56.1 Å². The summed E-state index contributed by atoms with van der Waals surface area (Å²) in [5, 5.41) is 3.53. The zero-order valence-electron chi connectivity index (χ0n) is 18.1. The van der Waals surface area contributed by atoms with Gasteiger partial charge in [-0.05, 0) is 49.9 Å². The quantitative estimate of drug-likeness (QED) is 0.841. The minimum atomic E-state index is 0.0373. The Morgan fingerprint density at radius 1 is 1.10 bits per heavy atom. The minimum absolute atomic E-state index is 0.0373. The Balaban J connectivity index is 1.77. The van der Waals surface area contributed by atoms with Crippen LogP contribution in [0.4, 0.5) is 0 Å². The van der Waals surface area contributed by atoms with E-state index >= 15 is 0 Å². The van der Waals surface area contributed by atoms with Crippen LogP contribution in [0.15, 0.2) is 23.1 Å². The van der Waals surface area contributed by atoms with Crippen LogP contribution in [0.5, 0.6) is 11.5 Å². The predicted molar refractivity (Wildman–Crippen MR) is 115 cm³/mol. The molecule has 1 N–H and O–H groups in total. The van der Waals surface area contributed by atoms with E-state index in [9.17, 15) is 4.79 Å². The van der Waals surface area contributed by atoms with Gasteiger partial charge in [0.1, 0.15) is 11.5 Å². The molecule has 1 aromatic carbocycles. The standard InChI is InChI=1S/C23H31N3O3/c1-15-16(2)22(27)25(3)12-18(15)17-10-20(28-4)19(21(11-17)29-5)13-26-9-8-24-14-23(26)6-7-23/h10-12,24H,6-9,13-14H2,1-5H3. The number of pyridine rings is 1. The molecule has 2 aromatic rings. The van der Waals surface area contributed by atoms with Crippen molar-refractivity contribution >= 4 is 0 Å². The highest BCUT2D eigenvalue weighted by Crippen LogP contribution is 2.45. The number of hydrogen-bond acceptors (Lipinski definition) is 5. The third-order valence-electron chi connectivity index (χ3n) is 6.71. The van der Waals surface area contributed by atoms with Crippen molar-refractivity contribution < 1.29 is 9.47 Å². The van der Waals surface area contributed by atoms with E-state index in [0.717, 1.165) is 65.5 Å². The van der Waals surface area contributed by atoms with Crippen LogP contribution in [0, 0.1) is 13.8 Å². The van der Waals surface area contributed by atoms with Gasteiger partial charge in [0.15, 0.2) is 0 Å². The summed E-state index contributed by atoms with van der Waals surface area (Å²) >= 11 is 0. The van der Waals surface area contributed by atoms with Gasteiger partial charge in [0.05, 0.1) is 19.8 Å². The Morgan fingerprint density at radius 2 is 1.76 bits per heavy atom. The summed E-state index contributed by atoms with van der Waals surface area (Å²) in [6.07, 6.45) is 4.40. The average Bonchev–Trinajstić information content (AvgIpc) is 3.50. The number of aryl methyl sites for hydroxylation is 1. The lowest BCUT2D eigenvalue weighted by atomic mass is 9.97. The molecular formula is C23H31N3O3. The molecule has 2 fully saturated rings. The van der Waals surface area contributed by atoms with Gasteiger partial charge in [-0.2, -0.15) is 0 Å². The highest BCUT2D eigenvalue weighted by Gasteiger charge is 2.49. The number of rotatable bonds is 5. The number of nitrogens with zero attached hydrogens (tertiary/aromatic N) is 2. The molecule has 1 aromatic heterocycles. The van der Waals surface area contributed by atoms with Gasteiger partial charge in [-0.1, -0.05) is 0 Å². The molecule has 2 heterocycles. The van der Waals surface area contributed by atoms with Gasteiger partial charge in [0.25, 0.3) is 5.56 Å². The number of ether oxygens (including phenoxy) is 2. The van der Waals surface area contributed by atoms with Crippen LogP contribution in [-0.2, 0) is 13.6 Å². The van der Waals surface area contributed by atoms with Gasteiger partial charge in [-0.25, -0.2) is 0 Å². The van der Waals surface area contributed by atoms with Gasteiger partial charge < -0.3 is 19.4 Å². The predicted octanol–water partition coefficient (Wildman–Crippen LogP) is 2.62. The van der Waals surface area contributed by atoms with E-state index in [-0.39, 0.29) is 5.56 Å². The third kappa shape index (κ3) is 3.45. The summed E-state index contributed by atoms with van der Waals surface area (Å²) < 4.78 is 13.3. The van der Waals surface area contributed by atoms with E-state index in [1.54, 1.807) is 25.8 Å². The van der Waals surface area contributed by atoms with Crippen LogP contribution in [0.3, 0.4) is 0 Å². The molecule has 1 spiro atoms. The Kier molecular flexibility index (Phi) is 5.17. The van der Waals surface area contributed by atoms with Gasteiger partial charge in [0.2, 0.25) is 0 Å². The topological polar surface area (TPSA) is 55.7 Å². The van der Waals surface area contributed by atoms with Gasteiger partial charge in [-0.3, -0.25) is 9.69 Å². The lowest BCUT2D eigenvalue weighted by molar-refractivity contribution is 0.131. The van der Waals surface area contributed by atoms with Crippen LogP contribution in [0.25, 0.3) is 11.1 Å².